The van der Waals surface area contributed by atoms with E-state index in [9.17, 15) is 8.42 Å². The van der Waals surface area contributed by atoms with Crippen molar-refractivity contribution in [3.63, 3.8) is 0 Å². The molecule has 0 saturated heterocycles. The molecule has 1 aromatic carbocycles. The fourth-order valence-corrected chi connectivity index (χ4v) is 4.15. The zero-order valence-electron chi connectivity index (χ0n) is 12.0. The summed E-state index contributed by atoms with van der Waals surface area (Å²) < 4.78 is 26.6. The number of sulfonamides is 1. The molecule has 0 fully saturated rings. The molecule has 7 heteroatoms. The Bertz CT molecular complexity index is 639. The lowest BCUT2D eigenvalue weighted by Gasteiger charge is -2.20. The third-order valence-electron chi connectivity index (χ3n) is 2.83. The van der Waals surface area contributed by atoms with E-state index in [1.54, 1.807) is 7.05 Å². The maximum Gasteiger partial charge on any atom is 0.245 e. The Hall–Kier alpha value is -0.770. The third-order valence-corrected chi connectivity index (χ3v) is 5.49. The molecule has 1 aromatic rings. The van der Waals surface area contributed by atoms with Gasteiger partial charge in [-0.3, -0.25) is 0 Å². The first-order valence-corrected chi connectivity index (χ1v) is 8.64. The minimum absolute atomic E-state index is 0.0104. The summed E-state index contributed by atoms with van der Waals surface area (Å²) in [4.78, 5) is 0.0301. The third kappa shape index (κ3) is 4.35. The fourth-order valence-electron chi connectivity index (χ4n) is 1.87. The molecule has 0 aliphatic carbocycles. The normalized spacial score (nSPS) is 11.6. The van der Waals surface area contributed by atoms with Gasteiger partial charge in [0.2, 0.25) is 10.0 Å². The Balaban J connectivity index is 3.36. The molecular formula is C14H18Cl2N2O2S. The average Bonchev–Trinajstić information content (AvgIpc) is 2.41. The molecule has 0 aliphatic rings. The molecular weight excluding hydrogens is 331 g/mol. The zero-order chi connectivity index (χ0) is 16.0. The van der Waals surface area contributed by atoms with Crippen molar-refractivity contribution in [3.8, 4) is 12.3 Å². The van der Waals surface area contributed by atoms with E-state index in [2.05, 4.69) is 11.2 Å². The standard InChI is InChI=1S/C14H18Cl2N2O2S/c1-4-6-18(7-5-2)21(19,20)14-8-11(10-17-3)12(15)9-13(14)16/h1,8-9,17H,5-7,10H2,2-3H3. The lowest BCUT2D eigenvalue weighted by Crippen LogP contribution is -2.32. The molecule has 0 heterocycles. The predicted octanol–water partition coefficient (Wildman–Crippen LogP) is 2.75. The van der Waals surface area contributed by atoms with Gasteiger partial charge in [0.15, 0.2) is 0 Å². The number of hydrogen-bond donors (Lipinski definition) is 1. The number of benzene rings is 1. The molecule has 0 atom stereocenters. The van der Waals surface area contributed by atoms with E-state index in [1.165, 1.54) is 16.4 Å². The van der Waals surface area contributed by atoms with Crippen LogP contribution in [0.2, 0.25) is 10.0 Å². The van der Waals surface area contributed by atoms with Crippen LogP contribution in [0.4, 0.5) is 0 Å². The van der Waals surface area contributed by atoms with Gasteiger partial charge in [0.05, 0.1) is 11.6 Å². The first-order valence-electron chi connectivity index (χ1n) is 6.44. The minimum atomic E-state index is -3.74. The second-order valence-corrected chi connectivity index (χ2v) is 7.17. The lowest BCUT2D eigenvalue weighted by atomic mass is 10.2. The van der Waals surface area contributed by atoms with Crippen molar-refractivity contribution < 1.29 is 8.42 Å². The maximum absolute atomic E-state index is 12.7. The number of hydrogen-bond acceptors (Lipinski definition) is 3. The number of terminal acetylenes is 1. The number of rotatable bonds is 7. The van der Waals surface area contributed by atoms with Crippen molar-refractivity contribution in [2.24, 2.45) is 0 Å². The Morgan fingerprint density at radius 3 is 2.52 bits per heavy atom. The Labute approximate surface area is 136 Å². The van der Waals surface area contributed by atoms with Crippen LogP contribution in [0.15, 0.2) is 17.0 Å². The van der Waals surface area contributed by atoms with E-state index < -0.39 is 10.0 Å². The van der Waals surface area contributed by atoms with Crippen molar-refractivity contribution >= 4 is 33.2 Å². The van der Waals surface area contributed by atoms with Gasteiger partial charge in [0, 0.05) is 18.1 Å². The highest BCUT2D eigenvalue weighted by Gasteiger charge is 2.26. The fraction of sp³-hybridized carbons (Fsp3) is 0.429. The van der Waals surface area contributed by atoms with Crippen molar-refractivity contribution in [1.82, 2.24) is 9.62 Å². The Morgan fingerprint density at radius 2 is 2.00 bits per heavy atom. The van der Waals surface area contributed by atoms with Gasteiger partial charge in [-0.05, 0) is 31.2 Å². The van der Waals surface area contributed by atoms with Crippen LogP contribution < -0.4 is 5.32 Å². The van der Waals surface area contributed by atoms with Gasteiger partial charge in [-0.2, -0.15) is 4.31 Å². The van der Waals surface area contributed by atoms with Crippen molar-refractivity contribution in [2.45, 2.75) is 24.8 Å². The molecule has 1 rings (SSSR count). The van der Waals surface area contributed by atoms with E-state index >= 15 is 0 Å². The zero-order valence-corrected chi connectivity index (χ0v) is 14.3. The largest absolute Gasteiger partial charge is 0.316 e. The van der Waals surface area contributed by atoms with Gasteiger partial charge >= 0.3 is 0 Å². The quantitative estimate of drug-likeness (QED) is 0.770. The van der Waals surface area contributed by atoms with Gasteiger partial charge in [-0.15, -0.1) is 6.42 Å². The highest BCUT2D eigenvalue weighted by molar-refractivity contribution is 7.89. The number of nitrogens with zero attached hydrogens (tertiary/aromatic N) is 1. The molecule has 0 unspecified atom stereocenters. The number of nitrogens with one attached hydrogen (secondary N) is 1. The average molecular weight is 349 g/mol. The summed E-state index contributed by atoms with van der Waals surface area (Å²) in [6, 6.07) is 2.94. The summed E-state index contributed by atoms with van der Waals surface area (Å²) >= 11 is 12.1. The molecule has 0 aromatic heterocycles. The van der Waals surface area contributed by atoms with E-state index in [4.69, 9.17) is 29.6 Å². The van der Waals surface area contributed by atoms with Crippen molar-refractivity contribution in [3.05, 3.63) is 27.7 Å². The summed E-state index contributed by atoms with van der Waals surface area (Å²) in [6.07, 6.45) is 5.92. The summed E-state index contributed by atoms with van der Waals surface area (Å²) in [6.45, 7) is 2.68. The second kappa shape index (κ2) is 8.02. The smallest absolute Gasteiger partial charge is 0.245 e. The summed E-state index contributed by atoms with van der Waals surface area (Å²) in [5.41, 5.74) is 0.666. The Morgan fingerprint density at radius 1 is 1.33 bits per heavy atom. The highest BCUT2D eigenvalue weighted by atomic mass is 35.5. The lowest BCUT2D eigenvalue weighted by molar-refractivity contribution is 0.445. The van der Waals surface area contributed by atoms with Gasteiger partial charge < -0.3 is 5.32 Å². The van der Waals surface area contributed by atoms with Crippen molar-refractivity contribution in [1.29, 1.82) is 0 Å². The molecule has 21 heavy (non-hydrogen) atoms. The van der Waals surface area contributed by atoms with E-state index in [0.717, 1.165) is 0 Å². The summed E-state index contributed by atoms with van der Waals surface area (Å²) in [7, 11) is -1.99. The molecule has 1 N–H and O–H groups in total. The minimum Gasteiger partial charge on any atom is -0.316 e. The van der Waals surface area contributed by atoms with Crippen LogP contribution in [-0.2, 0) is 16.6 Å². The van der Waals surface area contributed by atoms with Crippen LogP contribution >= 0.6 is 23.2 Å². The molecule has 0 saturated carbocycles. The van der Waals surface area contributed by atoms with Crippen LogP contribution in [0.5, 0.6) is 0 Å². The van der Waals surface area contributed by atoms with Crippen molar-refractivity contribution in [2.75, 3.05) is 20.1 Å². The van der Waals surface area contributed by atoms with Crippen LogP contribution in [0.3, 0.4) is 0 Å². The molecule has 116 valence electrons. The molecule has 4 nitrogen and oxygen atoms in total. The summed E-state index contributed by atoms with van der Waals surface area (Å²) in [5, 5.41) is 3.45. The van der Waals surface area contributed by atoms with Crippen LogP contribution in [-0.4, -0.2) is 32.9 Å². The van der Waals surface area contributed by atoms with E-state index in [1.807, 2.05) is 6.92 Å². The number of halogens is 2. The molecule has 0 amide bonds. The molecule has 0 radical (unpaired) electrons. The highest BCUT2D eigenvalue weighted by Crippen LogP contribution is 2.30. The van der Waals surface area contributed by atoms with E-state index in [0.29, 0.717) is 30.1 Å². The van der Waals surface area contributed by atoms with Crippen LogP contribution in [0.1, 0.15) is 18.9 Å². The SMILES string of the molecule is C#CCN(CCC)S(=O)(=O)c1cc(CNC)c(Cl)cc1Cl. The van der Waals surface area contributed by atoms with Gasteiger partial charge in [0.1, 0.15) is 4.90 Å². The topological polar surface area (TPSA) is 49.4 Å². The Kier molecular flexibility index (Phi) is 6.98. The molecule has 0 spiro atoms. The molecule has 0 bridgehead atoms. The van der Waals surface area contributed by atoms with Gasteiger partial charge in [-0.25, -0.2) is 8.42 Å². The first kappa shape index (κ1) is 18.3. The second-order valence-electron chi connectivity index (χ2n) is 4.45. The first-order chi connectivity index (χ1) is 9.88. The van der Waals surface area contributed by atoms with Crippen LogP contribution in [0, 0.1) is 12.3 Å². The van der Waals surface area contributed by atoms with Gasteiger partial charge in [-0.1, -0.05) is 36.0 Å². The van der Waals surface area contributed by atoms with E-state index in [-0.39, 0.29) is 16.5 Å². The monoisotopic (exact) mass is 348 g/mol. The summed E-state index contributed by atoms with van der Waals surface area (Å²) in [5.74, 6) is 2.36. The maximum atomic E-state index is 12.7. The predicted molar refractivity (Wildman–Crippen MR) is 87.1 cm³/mol. The van der Waals surface area contributed by atoms with Crippen LogP contribution in [0.25, 0.3) is 0 Å². The van der Waals surface area contributed by atoms with Gasteiger partial charge in [0.25, 0.3) is 0 Å². The molecule has 0 aliphatic heterocycles.